The molecule has 0 aromatic carbocycles. The summed E-state index contributed by atoms with van der Waals surface area (Å²) >= 11 is 0. The summed E-state index contributed by atoms with van der Waals surface area (Å²) < 4.78 is 24.5. The van der Waals surface area contributed by atoms with Crippen LogP contribution in [-0.4, -0.2) is 20.7 Å². The van der Waals surface area contributed by atoms with Gasteiger partial charge in [-0.2, -0.15) is 0 Å². The van der Waals surface area contributed by atoms with Crippen LogP contribution in [0.4, 0.5) is 0 Å². The zero-order valence-electron chi connectivity index (χ0n) is 7.63. The molecule has 13 heavy (non-hydrogen) atoms. The molecule has 0 radical (unpaired) electrons. The fourth-order valence-corrected chi connectivity index (χ4v) is 1.82. The number of rotatable bonds is 5. The first-order chi connectivity index (χ1) is 6.12. The lowest BCUT2D eigenvalue weighted by Gasteiger charge is -2.01. The van der Waals surface area contributed by atoms with E-state index in [4.69, 9.17) is 6.42 Å². The third-order valence-electron chi connectivity index (χ3n) is 1.21. The molecule has 4 heteroatoms. The van der Waals surface area contributed by atoms with E-state index in [1.807, 2.05) is 6.92 Å². The molecule has 0 bridgehead atoms. The van der Waals surface area contributed by atoms with Crippen molar-refractivity contribution in [2.45, 2.75) is 19.8 Å². The van der Waals surface area contributed by atoms with Crippen LogP contribution in [-0.2, 0) is 10.0 Å². The third kappa shape index (κ3) is 7.39. The van der Waals surface area contributed by atoms with E-state index in [0.29, 0.717) is 19.4 Å². The van der Waals surface area contributed by atoms with Gasteiger partial charge in [0, 0.05) is 13.0 Å². The quantitative estimate of drug-likeness (QED) is 0.513. The predicted molar refractivity (Wildman–Crippen MR) is 53.3 cm³/mol. The van der Waals surface area contributed by atoms with E-state index >= 15 is 0 Å². The van der Waals surface area contributed by atoms with E-state index in [0.717, 1.165) is 0 Å². The summed E-state index contributed by atoms with van der Waals surface area (Å²) in [6.07, 6.45) is 5.95. The topological polar surface area (TPSA) is 46.2 Å². The Hall–Kier alpha value is -0.970. The van der Waals surface area contributed by atoms with Crippen LogP contribution >= 0.6 is 0 Å². The van der Waals surface area contributed by atoms with E-state index < -0.39 is 10.0 Å². The molecule has 0 aliphatic heterocycles. The van der Waals surface area contributed by atoms with Crippen molar-refractivity contribution in [1.29, 1.82) is 0 Å². The van der Waals surface area contributed by atoms with Gasteiger partial charge in [-0.25, -0.2) is 13.1 Å². The molecular weight excluding hydrogens is 186 g/mol. The van der Waals surface area contributed by atoms with Crippen molar-refractivity contribution < 1.29 is 8.42 Å². The summed E-state index contributed by atoms with van der Waals surface area (Å²) in [5.41, 5.74) is 0. The summed E-state index contributed by atoms with van der Waals surface area (Å²) in [7, 11) is -3.09. The maximum Gasteiger partial charge on any atom is 0.211 e. The summed E-state index contributed by atoms with van der Waals surface area (Å²) in [5, 5.41) is 0. The highest BCUT2D eigenvalue weighted by Gasteiger charge is 2.05. The Morgan fingerprint density at radius 1 is 1.46 bits per heavy atom. The Morgan fingerprint density at radius 3 is 2.69 bits per heavy atom. The predicted octanol–water partition coefficient (Wildman–Crippen LogP) is 0.342. The molecule has 0 unspecified atom stereocenters. The molecule has 0 rings (SSSR count). The third-order valence-corrected chi connectivity index (χ3v) is 2.80. The van der Waals surface area contributed by atoms with Crippen molar-refractivity contribution in [3.05, 3.63) is 0 Å². The van der Waals surface area contributed by atoms with Gasteiger partial charge in [0.1, 0.15) is 0 Å². The van der Waals surface area contributed by atoms with E-state index in [1.54, 1.807) is 0 Å². The SMILES string of the molecule is C#CC#CCCNS(=O)(=O)CCC. The second kappa shape index (κ2) is 6.54. The minimum Gasteiger partial charge on any atom is -0.214 e. The van der Waals surface area contributed by atoms with E-state index in [-0.39, 0.29) is 5.75 Å². The Kier molecular flexibility index (Phi) is 6.05. The number of nitrogens with one attached hydrogen (secondary N) is 1. The van der Waals surface area contributed by atoms with Crippen molar-refractivity contribution in [2.24, 2.45) is 0 Å². The first kappa shape index (κ1) is 12.0. The summed E-state index contributed by atoms with van der Waals surface area (Å²) in [6, 6.07) is 0. The normalized spacial score (nSPS) is 9.85. The fraction of sp³-hybridized carbons (Fsp3) is 0.556. The lowest BCUT2D eigenvalue weighted by molar-refractivity contribution is 0.581. The molecule has 0 saturated heterocycles. The summed E-state index contributed by atoms with van der Waals surface area (Å²) in [4.78, 5) is 0. The van der Waals surface area contributed by atoms with Crippen molar-refractivity contribution in [2.75, 3.05) is 12.3 Å². The van der Waals surface area contributed by atoms with Crippen LogP contribution in [0.2, 0.25) is 0 Å². The largest absolute Gasteiger partial charge is 0.214 e. The minimum atomic E-state index is -3.09. The summed E-state index contributed by atoms with van der Waals surface area (Å²) in [5.74, 6) is 7.36. The molecule has 3 nitrogen and oxygen atoms in total. The zero-order valence-corrected chi connectivity index (χ0v) is 8.45. The molecular formula is C9H13NO2S. The smallest absolute Gasteiger partial charge is 0.211 e. The highest BCUT2D eigenvalue weighted by atomic mass is 32.2. The van der Waals surface area contributed by atoms with E-state index in [1.165, 1.54) is 0 Å². The van der Waals surface area contributed by atoms with Gasteiger partial charge in [-0.05, 0) is 18.3 Å². The van der Waals surface area contributed by atoms with Gasteiger partial charge in [0.05, 0.1) is 5.75 Å². The van der Waals surface area contributed by atoms with Crippen LogP contribution in [0.1, 0.15) is 19.8 Å². The van der Waals surface area contributed by atoms with Gasteiger partial charge >= 0.3 is 0 Å². The minimum absolute atomic E-state index is 0.162. The average molecular weight is 199 g/mol. The molecule has 0 aromatic rings. The van der Waals surface area contributed by atoms with Crippen LogP contribution in [0.3, 0.4) is 0 Å². The second-order valence-electron chi connectivity index (χ2n) is 2.41. The first-order valence-corrected chi connectivity index (χ1v) is 5.68. The van der Waals surface area contributed by atoms with Gasteiger partial charge in [0.15, 0.2) is 0 Å². The van der Waals surface area contributed by atoms with Gasteiger partial charge < -0.3 is 0 Å². The molecule has 72 valence electrons. The van der Waals surface area contributed by atoms with Crippen LogP contribution in [0.25, 0.3) is 0 Å². The molecule has 0 amide bonds. The molecule has 0 aliphatic carbocycles. The van der Waals surface area contributed by atoms with Crippen LogP contribution in [0.5, 0.6) is 0 Å². The van der Waals surface area contributed by atoms with Crippen LogP contribution in [0.15, 0.2) is 0 Å². The average Bonchev–Trinajstić information content (AvgIpc) is 2.04. The number of sulfonamides is 1. The Morgan fingerprint density at radius 2 is 2.15 bits per heavy atom. The standard InChI is InChI=1S/C9H13NO2S/c1-3-5-6-7-8-10-13(11,12)9-4-2/h1,10H,4,7-9H2,2H3. The van der Waals surface area contributed by atoms with Gasteiger partial charge in [0.25, 0.3) is 0 Å². The molecule has 0 atom stereocenters. The number of terminal acetylenes is 1. The molecule has 1 N–H and O–H groups in total. The van der Waals surface area contributed by atoms with E-state index in [9.17, 15) is 8.42 Å². The lowest BCUT2D eigenvalue weighted by atomic mass is 10.4. The number of hydrogen-bond acceptors (Lipinski definition) is 2. The first-order valence-electron chi connectivity index (χ1n) is 4.03. The van der Waals surface area contributed by atoms with Gasteiger partial charge in [0.2, 0.25) is 10.0 Å². The molecule has 0 spiro atoms. The van der Waals surface area contributed by atoms with E-state index in [2.05, 4.69) is 22.5 Å². The Balaban J connectivity index is 3.72. The lowest BCUT2D eigenvalue weighted by Crippen LogP contribution is -2.26. The van der Waals surface area contributed by atoms with Crippen molar-refractivity contribution in [3.8, 4) is 24.2 Å². The molecule has 0 heterocycles. The number of hydrogen-bond donors (Lipinski definition) is 1. The maximum atomic E-state index is 11.1. The second-order valence-corrected chi connectivity index (χ2v) is 4.34. The van der Waals surface area contributed by atoms with Gasteiger partial charge in [-0.3, -0.25) is 0 Å². The highest BCUT2D eigenvalue weighted by molar-refractivity contribution is 7.89. The fourth-order valence-electron chi connectivity index (χ4n) is 0.723. The Labute approximate surface area is 80.0 Å². The molecule has 0 fully saturated rings. The van der Waals surface area contributed by atoms with Gasteiger partial charge in [-0.1, -0.05) is 12.8 Å². The monoisotopic (exact) mass is 199 g/mol. The zero-order chi connectivity index (χ0) is 10.2. The molecule has 0 aromatic heterocycles. The van der Waals surface area contributed by atoms with Crippen LogP contribution < -0.4 is 4.72 Å². The van der Waals surface area contributed by atoms with Crippen molar-refractivity contribution in [1.82, 2.24) is 4.72 Å². The van der Waals surface area contributed by atoms with Gasteiger partial charge in [-0.15, -0.1) is 6.42 Å². The highest BCUT2D eigenvalue weighted by Crippen LogP contribution is 1.87. The van der Waals surface area contributed by atoms with Crippen molar-refractivity contribution in [3.63, 3.8) is 0 Å². The van der Waals surface area contributed by atoms with Crippen LogP contribution in [0, 0.1) is 24.2 Å². The van der Waals surface area contributed by atoms with Crippen molar-refractivity contribution >= 4 is 10.0 Å². The Bertz CT molecular complexity index is 327. The summed E-state index contributed by atoms with van der Waals surface area (Å²) in [6.45, 7) is 2.15. The molecule has 0 saturated carbocycles. The molecule has 0 aliphatic rings. The maximum absolute atomic E-state index is 11.1.